The topological polar surface area (TPSA) is 84.0 Å². The van der Waals surface area contributed by atoms with E-state index < -0.39 is 11.9 Å². The van der Waals surface area contributed by atoms with E-state index in [1.54, 1.807) is 36.4 Å². The number of benzene rings is 2. The highest BCUT2D eigenvalue weighted by molar-refractivity contribution is 6.44. The maximum Gasteiger partial charge on any atom is 0.316 e. The first-order valence-electron chi connectivity index (χ1n) is 11.3. The van der Waals surface area contributed by atoms with Crippen LogP contribution in [-0.4, -0.2) is 30.2 Å². The molecule has 3 amide bonds. The second kappa shape index (κ2) is 9.13. The van der Waals surface area contributed by atoms with Gasteiger partial charge in [0, 0.05) is 19.0 Å². The van der Waals surface area contributed by atoms with Crippen molar-refractivity contribution in [2.45, 2.75) is 26.2 Å². The highest BCUT2D eigenvalue weighted by atomic mass is 35.5. The highest BCUT2D eigenvalue weighted by Crippen LogP contribution is 2.40. The Morgan fingerprint density at radius 1 is 1.00 bits per heavy atom. The summed E-state index contributed by atoms with van der Waals surface area (Å²) in [6.45, 7) is 2.07. The molecule has 2 aromatic rings. The summed E-state index contributed by atoms with van der Waals surface area (Å²) < 4.78 is 5.55. The average Bonchev–Trinajstić information content (AvgIpc) is 3.33. The Kier molecular flexibility index (Phi) is 6.15. The number of hydrogen-bond acceptors (Lipinski definition) is 5. The van der Waals surface area contributed by atoms with Crippen molar-refractivity contribution in [1.29, 1.82) is 0 Å². The molecule has 2 aliphatic heterocycles. The number of esters is 1. The van der Waals surface area contributed by atoms with Crippen LogP contribution in [0.4, 0.5) is 11.4 Å². The molecule has 3 atom stereocenters. The second-order valence-electron chi connectivity index (χ2n) is 9.11. The molecule has 180 valence electrons. The minimum absolute atomic E-state index is 0.0276. The number of imide groups is 1. The van der Waals surface area contributed by atoms with Gasteiger partial charge in [-0.3, -0.25) is 19.2 Å². The lowest BCUT2D eigenvalue weighted by Gasteiger charge is -2.19. The van der Waals surface area contributed by atoms with E-state index in [4.69, 9.17) is 27.9 Å². The molecule has 0 bridgehead atoms. The summed E-state index contributed by atoms with van der Waals surface area (Å²) in [6.07, 6.45) is 3.11. The molecule has 0 spiro atoms. The van der Waals surface area contributed by atoms with Crippen molar-refractivity contribution >= 4 is 58.3 Å². The lowest BCUT2D eigenvalue weighted by molar-refractivity contribution is -0.139. The molecule has 35 heavy (non-hydrogen) atoms. The van der Waals surface area contributed by atoms with Crippen molar-refractivity contribution in [1.82, 2.24) is 0 Å². The molecule has 0 aromatic heterocycles. The summed E-state index contributed by atoms with van der Waals surface area (Å²) in [4.78, 5) is 54.0. The van der Waals surface area contributed by atoms with Gasteiger partial charge < -0.3 is 9.64 Å². The highest BCUT2D eigenvalue weighted by Gasteiger charge is 2.48. The third kappa shape index (κ3) is 4.23. The molecule has 2 saturated heterocycles. The zero-order valence-electron chi connectivity index (χ0n) is 18.9. The molecule has 0 unspecified atom stereocenters. The molecule has 2 heterocycles. The van der Waals surface area contributed by atoms with Gasteiger partial charge in [-0.25, -0.2) is 4.90 Å². The van der Waals surface area contributed by atoms with Gasteiger partial charge in [0.2, 0.25) is 17.7 Å². The van der Waals surface area contributed by atoms with Crippen LogP contribution in [0.25, 0.3) is 0 Å². The Morgan fingerprint density at radius 3 is 2.54 bits per heavy atom. The van der Waals surface area contributed by atoms with E-state index in [0.717, 1.165) is 5.57 Å². The first-order chi connectivity index (χ1) is 16.7. The summed E-state index contributed by atoms with van der Waals surface area (Å²) in [6, 6.07) is 11.3. The smallest absolute Gasteiger partial charge is 0.316 e. The largest absolute Gasteiger partial charge is 0.426 e. The van der Waals surface area contributed by atoms with Gasteiger partial charge in [-0.15, -0.1) is 0 Å². The number of carbonyl (C=O) groups excluding carboxylic acids is 4. The first kappa shape index (κ1) is 23.6. The van der Waals surface area contributed by atoms with E-state index in [9.17, 15) is 19.2 Å². The van der Waals surface area contributed by atoms with Gasteiger partial charge in [-0.05, 0) is 44.0 Å². The average molecular weight is 513 g/mol. The predicted octanol–water partition coefficient (Wildman–Crippen LogP) is 4.80. The third-order valence-electron chi connectivity index (χ3n) is 6.80. The van der Waals surface area contributed by atoms with Crippen LogP contribution in [0.1, 0.15) is 26.2 Å². The molecule has 2 fully saturated rings. The van der Waals surface area contributed by atoms with Gasteiger partial charge in [0.25, 0.3) is 0 Å². The molecule has 9 heteroatoms. The molecule has 5 rings (SSSR count). The molecule has 1 aliphatic carbocycles. The summed E-state index contributed by atoms with van der Waals surface area (Å²) >= 11 is 12.3. The number of anilines is 2. The van der Waals surface area contributed by atoms with Crippen LogP contribution >= 0.6 is 23.2 Å². The van der Waals surface area contributed by atoms with E-state index in [0.29, 0.717) is 29.2 Å². The van der Waals surface area contributed by atoms with Gasteiger partial charge in [-0.2, -0.15) is 0 Å². The minimum atomic E-state index is -0.701. The van der Waals surface area contributed by atoms with E-state index in [1.807, 2.05) is 13.0 Å². The van der Waals surface area contributed by atoms with Gasteiger partial charge in [-0.1, -0.05) is 47.0 Å². The van der Waals surface area contributed by atoms with Gasteiger partial charge in [0.05, 0.1) is 39.2 Å². The molecular formula is C26H22Cl2N2O5. The van der Waals surface area contributed by atoms with Crippen molar-refractivity contribution in [2.24, 2.45) is 17.8 Å². The monoisotopic (exact) mass is 512 g/mol. The van der Waals surface area contributed by atoms with Gasteiger partial charge >= 0.3 is 5.97 Å². The van der Waals surface area contributed by atoms with Crippen molar-refractivity contribution in [3.05, 3.63) is 64.2 Å². The van der Waals surface area contributed by atoms with Crippen molar-refractivity contribution in [3.8, 4) is 5.75 Å². The van der Waals surface area contributed by atoms with Crippen LogP contribution in [0.5, 0.6) is 5.75 Å². The Morgan fingerprint density at radius 2 is 1.74 bits per heavy atom. The maximum absolute atomic E-state index is 13.0. The van der Waals surface area contributed by atoms with Crippen molar-refractivity contribution in [2.75, 3.05) is 16.3 Å². The van der Waals surface area contributed by atoms with Crippen LogP contribution < -0.4 is 14.5 Å². The standard InChI is InChI=1S/C26H22Cl2N2O5/c1-14-8-9-18-19(10-14)25(33)30(24(18)32)16-4-2-5-17(12-16)35-26(34)15-11-22(31)29(13-15)21-7-3-6-20(27)23(21)28/h2-8,12,15,18-19H,9-11,13H2,1H3/t15-,18-,19+/m0/s1. The zero-order chi connectivity index (χ0) is 24.9. The van der Waals surface area contributed by atoms with Gasteiger partial charge in [0.15, 0.2) is 0 Å². The summed E-state index contributed by atoms with van der Waals surface area (Å²) in [5.74, 6) is -2.52. The minimum Gasteiger partial charge on any atom is -0.426 e. The number of ether oxygens (including phenoxy) is 1. The fraction of sp³-hybridized carbons (Fsp3) is 0.308. The van der Waals surface area contributed by atoms with E-state index in [2.05, 4.69) is 0 Å². The number of halogens is 2. The van der Waals surface area contributed by atoms with Crippen LogP contribution in [0.2, 0.25) is 10.0 Å². The summed E-state index contributed by atoms with van der Waals surface area (Å²) in [5, 5.41) is 0.562. The Balaban J connectivity index is 1.30. The molecular weight excluding hydrogens is 491 g/mol. The number of hydrogen-bond donors (Lipinski definition) is 0. The number of carbonyl (C=O) groups is 4. The molecule has 7 nitrogen and oxygen atoms in total. The number of fused-ring (bicyclic) bond motifs is 1. The SMILES string of the molecule is CC1=CC[C@@H]2C(=O)N(c3cccc(OC(=O)[C@H]4CC(=O)N(c5cccc(Cl)c5Cl)C4)c3)C(=O)[C@@H]2C1. The number of nitrogens with zero attached hydrogens (tertiary/aromatic N) is 2. The van der Waals surface area contributed by atoms with Crippen LogP contribution in [0.3, 0.4) is 0 Å². The lowest BCUT2D eigenvalue weighted by atomic mass is 9.82. The Bertz CT molecular complexity index is 1290. The normalized spacial score (nSPS) is 24.0. The molecule has 0 N–H and O–H groups in total. The van der Waals surface area contributed by atoms with E-state index in [1.165, 1.54) is 15.9 Å². The summed E-state index contributed by atoms with van der Waals surface area (Å²) in [5.41, 5.74) is 1.92. The maximum atomic E-state index is 13.0. The number of amides is 3. The number of rotatable bonds is 4. The van der Waals surface area contributed by atoms with E-state index >= 15 is 0 Å². The van der Waals surface area contributed by atoms with Crippen molar-refractivity contribution < 1.29 is 23.9 Å². The van der Waals surface area contributed by atoms with E-state index in [-0.39, 0.29) is 53.3 Å². The first-order valence-corrected chi connectivity index (χ1v) is 12.1. The fourth-order valence-electron chi connectivity index (χ4n) is 4.98. The Labute approximate surface area is 212 Å². The molecule has 0 radical (unpaired) electrons. The number of allylic oxidation sites excluding steroid dienone is 2. The summed E-state index contributed by atoms with van der Waals surface area (Å²) in [7, 11) is 0. The van der Waals surface area contributed by atoms with Crippen LogP contribution in [-0.2, 0) is 19.2 Å². The second-order valence-corrected chi connectivity index (χ2v) is 9.90. The molecule has 2 aromatic carbocycles. The molecule has 3 aliphatic rings. The Hall–Kier alpha value is -3.16. The third-order valence-corrected chi connectivity index (χ3v) is 7.61. The predicted molar refractivity (Wildman–Crippen MR) is 131 cm³/mol. The van der Waals surface area contributed by atoms with Crippen molar-refractivity contribution in [3.63, 3.8) is 0 Å². The quantitative estimate of drug-likeness (QED) is 0.254. The van der Waals surface area contributed by atoms with Gasteiger partial charge in [0.1, 0.15) is 5.75 Å². The molecule has 0 saturated carbocycles. The van der Waals surface area contributed by atoms with Crippen LogP contribution in [0.15, 0.2) is 54.1 Å². The zero-order valence-corrected chi connectivity index (χ0v) is 20.4. The lowest BCUT2D eigenvalue weighted by Crippen LogP contribution is -2.31. The van der Waals surface area contributed by atoms with Crippen LogP contribution in [0, 0.1) is 17.8 Å². The fourth-order valence-corrected chi connectivity index (χ4v) is 5.37.